The van der Waals surface area contributed by atoms with Gasteiger partial charge in [0.1, 0.15) is 0 Å². The molecule has 1 N–H and O–H groups in total. The SMILES string of the molecule is Cc1ccc(NC(=CC(=O)c2ccccc2)Cc2ccccc2)cc1. The van der Waals surface area contributed by atoms with Gasteiger partial charge in [-0.1, -0.05) is 78.4 Å². The molecule has 0 aliphatic heterocycles. The summed E-state index contributed by atoms with van der Waals surface area (Å²) >= 11 is 0. The summed E-state index contributed by atoms with van der Waals surface area (Å²) in [6.07, 6.45) is 2.37. The maximum absolute atomic E-state index is 12.6. The van der Waals surface area contributed by atoms with E-state index in [0.29, 0.717) is 12.0 Å². The Hall–Kier alpha value is -3.13. The zero-order valence-corrected chi connectivity index (χ0v) is 14.3. The fourth-order valence-corrected chi connectivity index (χ4v) is 2.61. The third-order valence-electron chi connectivity index (χ3n) is 3.96. The number of anilines is 1. The molecule has 2 nitrogen and oxygen atoms in total. The first-order chi connectivity index (χ1) is 12.2. The van der Waals surface area contributed by atoms with Gasteiger partial charge >= 0.3 is 0 Å². The van der Waals surface area contributed by atoms with Crippen LogP contribution in [-0.2, 0) is 6.42 Å². The van der Waals surface area contributed by atoms with Crippen molar-refractivity contribution in [1.29, 1.82) is 0 Å². The number of ketones is 1. The summed E-state index contributed by atoms with van der Waals surface area (Å²) in [5.41, 5.74) is 4.92. The van der Waals surface area contributed by atoms with Crippen molar-refractivity contribution < 1.29 is 4.79 Å². The Morgan fingerprint density at radius 2 is 1.44 bits per heavy atom. The van der Waals surface area contributed by atoms with Gasteiger partial charge in [-0.2, -0.15) is 0 Å². The van der Waals surface area contributed by atoms with Crippen LogP contribution in [-0.4, -0.2) is 5.78 Å². The number of hydrogen-bond donors (Lipinski definition) is 1. The van der Waals surface area contributed by atoms with Crippen LogP contribution >= 0.6 is 0 Å². The molecule has 0 heterocycles. The summed E-state index contributed by atoms with van der Waals surface area (Å²) in [6.45, 7) is 2.06. The van der Waals surface area contributed by atoms with Crippen LogP contribution in [0.1, 0.15) is 21.5 Å². The Kier molecular flexibility index (Phi) is 5.43. The minimum absolute atomic E-state index is 0.00569. The number of allylic oxidation sites excluding steroid dienone is 2. The topological polar surface area (TPSA) is 29.1 Å². The highest BCUT2D eigenvalue weighted by Crippen LogP contribution is 2.16. The van der Waals surface area contributed by atoms with Crippen LogP contribution in [0.2, 0.25) is 0 Å². The van der Waals surface area contributed by atoms with Crippen LogP contribution in [0.3, 0.4) is 0 Å². The lowest BCUT2D eigenvalue weighted by Crippen LogP contribution is -2.07. The fourth-order valence-electron chi connectivity index (χ4n) is 2.61. The molecule has 0 amide bonds. The molecule has 25 heavy (non-hydrogen) atoms. The molecule has 2 heteroatoms. The minimum atomic E-state index is 0.00569. The van der Waals surface area contributed by atoms with Gasteiger partial charge < -0.3 is 5.32 Å². The number of nitrogens with one attached hydrogen (secondary N) is 1. The van der Waals surface area contributed by atoms with Crippen molar-refractivity contribution in [3.05, 3.63) is 113 Å². The monoisotopic (exact) mass is 327 g/mol. The Labute approximate surface area is 148 Å². The molecule has 0 aromatic heterocycles. The van der Waals surface area contributed by atoms with Crippen molar-refractivity contribution in [1.82, 2.24) is 0 Å². The second-order valence-electron chi connectivity index (χ2n) is 6.05. The number of carbonyl (C=O) groups excluding carboxylic acids is 1. The minimum Gasteiger partial charge on any atom is -0.359 e. The molecule has 0 fully saturated rings. The first-order valence-corrected chi connectivity index (χ1v) is 8.38. The predicted octanol–water partition coefficient (Wildman–Crippen LogP) is 5.42. The van der Waals surface area contributed by atoms with Crippen LogP contribution in [0, 0.1) is 6.92 Å². The first-order valence-electron chi connectivity index (χ1n) is 8.38. The number of benzene rings is 3. The molecule has 0 saturated heterocycles. The summed E-state index contributed by atoms with van der Waals surface area (Å²) in [5, 5.41) is 3.40. The summed E-state index contributed by atoms with van der Waals surface area (Å²) < 4.78 is 0. The highest BCUT2D eigenvalue weighted by Gasteiger charge is 2.07. The second kappa shape index (κ2) is 8.11. The van der Waals surface area contributed by atoms with Crippen LogP contribution in [0.4, 0.5) is 5.69 Å². The molecule has 124 valence electrons. The van der Waals surface area contributed by atoms with Crippen LogP contribution in [0.5, 0.6) is 0 Å². The van der Waals surface area contributed by atoms with Crippen molar-refractivity contribution in [3.63, 3.8) is 0 Å². The van der Waals surface area contributed by atoms with E-state index in [4.69, 9.17) is 0 Å². The summed E-state index contributed by atoms with van der Waals surface area (Å²) in [7, 11) is 0. The lowest BCUT2D eigenvalue weighted by atomic mass is 10.1. The standard InChI is InChI=1S/C23H21NO/c1-18-12-14-21(15-13-18)24-22(16-19-8-4-2-5-9-19)17-23(25)20-10-6-3-7-11-20/h2-15,17,24H,16H2,1H3. The molecule has 0 aliphatic rings. The molecule has 0 spiro atoms. The lowest BCUT2D eigenvalue weighted by Gasteiger charge is -2.12. The van der Waals surface area contributed by atoms with Crippen molar-refractivity contribution >= 4 is 11.5 Å². The third kappa shape index (κ3) is 4.92. The van der Waals surface area contributed by atoms with Gasteiger partial charge in [0.05, 0.1) is 0 Å². The first kappa shape index (κ1) is 16.7. The summed E-state index contributed by atoms with van der Waals surface area (Å²) in [4.78, 5) is 12.6. The van der Waals surface area contributed by atoms with E-state index >= 15 is 0 Å². The third-order valence-corrected chi connectivity index (χ3v) is 3.96. The molecule has 0 atom stereocenters. The molecule has 0 saturated carbocycles. The van der Waals surface area contributed by atoms with Gasteiger partial charge in [-0.05, 0) is 24.6 Å². The van der Waals surface area contributed by atoms with Crippen molar-refractivity contribution in [2.24, 2.45) is 0 Å². The normalized spacial score (nSPS) is 11.2. The van der Waals surface area contributed by atoms with Crippen molar-refractivity contribution in [3.8, 4) is 0 Å². The van der Waals surface area contributed by atoms with Gasteiger partial charge in [-0.25, -0.2) is 0 Å². The number of carbonyl (C=O) groups is 1. The van der Waals surface area contributed by atoms with Gasteiger partial charge in [0.25, 0.3) is 0 Å². The van der Waals surface area contributed by atoms with Crippen LogP contribution in [0.25, 0.3) is 0 Å². The Morgan fingerprint density at radius 1 is 0.840 bits per heavy atom. The van der Waals surface area contributed by atoms with E-state index in [9.17, 15) is 4.79 Å². The molecule has 0 aliphatic carbocycles. The van der Waals surface area contributed by atoms with Crippen molar-refractivity contribution in [2.75, 3.05) is 5.32 Å². The fraction of sp³-hybridized carbons (Fsp3) is 0.0870. The quantitative estimate of drug-likeness (QED) is 0.484. The Bertz CT molecular complexity index is 850. The van der Waals surface area contributed by atoms with Crippen LogP contribution < -0.4 is 5.32 Å². The zero-order valence-electron chi connectivity index (χ0n) is 14.3. The van der Waals surface area contributed by atoms with Gasteiger partial charge in [0, 0.05) is 29.4 Å². The average molecular weight is 327 g/mol. The molecular weight excluding hydrogens is 306 g/mol. The number of hydrogen-bond acceptors (Lipinski definition) is 2. The molecule has 3 aromatic rings. The number of rotatable bonds is 6. The Balaban J connectivity index is 1.86. The second-order valence-corrected chi connectivity index (χ2v) is 6.05. The Morgan fingerprint density at radius 3 is 2.08 bits per heavy atom. The van der Waals surface area contributed by atoms with E-state index in [1.807, 2.05) is 60.7 Å². The smallest absolute Gasteiger partial charge is 0.187 e. The van der Waals surface area contributed by atoms with E-state index < -0.39 is 0 Å². The highest BCUT2D eigenvalue weighted by atomic mass is 16.1. The van der Waals surface area contributed by atoms with E-state index in [-0.39, 0.29) is 5.78 Å². The summed E-state index contributed by atoms with van der Waals surface area (Å²) in [6, 6.07) is 27.7. The average Bonchev–Trinajstić information content (AvgIpc) is 2.65. The summed E-state index contributed by atoms with van der Waals surface area (Å²) in [5.74, 6) is 0.00569. The largest absolute Gasteiger partial charge is 0.359 e. The molecule has 3 rings (SSSR count). The van der Waals surface area contributed by atoms with E-state index in [1.165, 1.54) is 5.56 Å². The molecule has 3 aromatic carbocycles. The lowest BCUT2D eigenvalue weighted by molar-refractivity contribution is 0.104. The van der Waals surface area contributed by atoms with Gasteiger partial charge in [0.15, 0.2) is 5.78 Å². The van der Waals surface area contributed by atoms with Crippen LogP contribution in [0.15, 0.2) is 96.7 Å². The molecule has 0 radical (unpaired) electrons. The van der Waals surface area contributed by atoms with Gasteiger partial charge in [0.2, 0.25) is 0 Å². The maximum Gasteiger partial charge on any atom is 0.187 e. The molecule has 0 bridgehead atoms. The zero-order chi connectivity index (χ0) is 17.5. The van der Waals surface area contributed by atoms with Gasteiger partial charge in [-0.3, -0.25) is 4.79 Å². The maximum atomic E-state index is 12.6. The predicted molar refractivity (Wildman–Crippen MR) is 104 cm³/mol. The van der Waals surface area contributed by atoms with Gasteiger partial charge in [-0.15, -0.1) is 0 Å². The molecular formula is C23H21NO. The molecule has 0 unspecified atom stereocenters. The van der Waals surface area contributed by atoms with Crippen molar-refractivity contribution in [2.45, 2.75) is 13.3 Å². The van der Waals surface area contributed by atoms with E-state index in [2.05, 4.69) is 36.5 Å². The van der Waals surface area contributed by atoms with E-state index in [1.54, 1.807) is 6.08 Å². The van der Waals surface area contributed by atoms with E-state index in [0.717, 1.165) is 16.9 Å². The highest BCUT2D eigenvalue weighted by molar-refractivity contribution is 6.05. The number of aryl methyl sites for hydroxylation is 1.